The first-order valence-corrected chi connectivity index (χ1v) is 6.09. The van der Waals surface area contributed by atoms with E-state index in [1.54, 1.807) is 7.11 Å². The predicted octanol–water partition coefficient (Wildman–Crippen LogP) is 2.49. The van der Waals surface area contributed by atoms with Gasteiger partial charge in [0.05, 0.1) is 7.11 Å². The zero-order valence-electron chi connectivity index (χ0n) is 11.6. The molecular weight excluding hydrogens is 212 g/mol. The molecule has 96 valence electrons. The summed E-state index contributed by atoms with van der Waals surface area (Å²) in [6, 6.07) is 4.78. The van der Waals surface area contributed by atoms with Crippen molar-refractivity contribution in [1.82, 2.24) is 0 Å². The van der Waals surface area contributed by atoms with Crippen LogP contribution in [0, 0.1) is 13.8 Å². The lowest BCUT2D eigenvalue weighted by atomic mass is 10.1. The van der Waals surface area contributed by atoms with E-state index in [-0.39, 0.29) is 0 Å². The van der Waals surface area contributed by atoms with E-state index in [2.05, 4.69) is 44.9 Å². The van der Waals surface area contributed by atoms with Crippen LogP contribution in [0.2, 0.25) is 0 Å². The monoisotopic (exact) mass is 236 g/mol. The highest BCUT2D eigenvalue weighted by Crippen LogP contribution is 2.29. The molecule has 3 nitrogen and oxygen atoms in total. The smallest absolute Gasteiger partial charge is 0.124 e. The summed E-state index contributed by atoms with van der Waals surface area (Å²) in [6.07, 6.45) is 1.00. The van der Waals surface area contributed by atoms with Gasteiger partial charge < -0.3 is 15.4 Å². The Bertz CT molecular complexity index is 353. The van der Waals surface area contributed by atoms with Crippen LogP contribution >= 0.6 is 0 Å². The summed E-state index contributed by atoms with van der Waals surface area (Å²) in [5, 5.41) is 0. The van der Waals surface area contributed by atoms with Gasteiger partial charge in [-0.3, -0.25) is 0 Å². The Kier molecular flexibility index (Phi) is 4.82. The number of nitrogens with two attached hydrogens (primary N) is 1. The molecule has 0 saturated carbocycles. The number of hydrogen-bond acceptors (Lipinski definition) is 3. The number of nitrogens with zero attached hydrogens (tertiary/aromatic N) is 1. The first kappa shape index (κ1) is 13.8. The number of rotatable bonds is 5. The molecule has 1 aromatic rings. The summed E-state index contributed by atoms with van der Waals surface area (Å²) in [7, 11) is 3.83. The average molecular weight is 236 g/mol. The van der Waals surface area contributed by atoms with Crippen molar-refractivity contribution < 1.29 is 4.74 Å². The molecule has 1 unspecified atom stereocenters. The van der Waals surface area contributed by atoms with Crippen LogP contribution in [0.1, 0.15) is 24.5 Å². The Balaban J connectivity index is 2.99. The van der Waals surface area contributed by atoms with Gasteiger partial charge in [-0.1, -0.05) is 0 Å². The largest absolute Gasteiger partial charge is 0.496 e. The average Bonchev–Trinajstić information content (AvgIpc) is 2.27. The Labute approximate surface area is 105 Å². The highest BCUT2D eigenvalue weighted by Gasteiger charge is 2.12. The summed E-state index contributed by atoms with van der Waals surface area (Å²) in [4.78, 5) is 2.27. The molecule has 0 radical (unpaired) electrons. The van der Waals surface area contributed by atoms with E-state index >= 15 is 0 Å². The zero-order chi connectivity index (χ0) is 13.0. The lowest BCUT2D eigenvalue weighted by Gasteiger charge is -2.28. The Morgan fingerprint density at radius 2 is 1.82 bits per heavy atom. The van der Waals surface area contributed by atoms with Gasteiger partial charge in [-0.25, -0.2) is 0 Å². The minimum Gasteiger partial charge on any atom is -0.496 e. The predicted molar refractivity (Wildman–Crippen MR) is 74.0 cm³/mol. The van der Waals surface area contributed by atoms with Gasteiger partial charge in [0, 0.05) is 18.8 Å². The van der Waals surface area contributed by atoms with Gasteiger partial charge in [-0.15, -0.1) is 0 Å². The molecule has 3 heteroatoms. The molecule has 0 aromatic heterocycles. The first-order chi connectivity index (χ1) is 8.01. The fraction of sp³-hybridized carbons (Fsp3) is 0.571. The molecule has 0 bridgehead atoms. The van der Waals surface area contributed by atoms with Crippen LogP contribution in [0.15, 0.2) is 12.1 Å². The Hall–Kier alpha value is -1.22. The van der Waals surface area contributed by atoms with Crippen LogP contribution in [0.4, 0.5) is 5.69 Å². The number of aryl methyl sites for hydroxylation is 2. The van der Waals surface area contributed by atoms with E-state index in [0.29, 0.717) is 6.04 Å². The van der Waals surface area contributed by atoms with Crippen molar-refractivity contribution in [1.29, 1.82) is 0 Å². The molecule has 0 saturated heterocycles. The standard InChI is InChI=1S/C14H24N2O/c1-10-8-13(9-11(2)14(10)17-5)16(4)12(3)6-7-15/h8-9,12H,6-7,15H2,1-5H3. The number of methoxy groups -OCH3 is 1. The summed E-state index contributed by atoms with van der Waals surface area (Å²) in [5.41, 5.74) is 9.18. The van der Waals surface area contributed by atoms with Crippen LogP contribution in [0.5, 0.6) is 5.75 Å². The molecule has 0 aliphatic carbocycles. The van der Waals surface area contributed by atoms with Crippen molar-refractivity contribution in [2.45, 2.75) is 33.2 Å². The van der Waals surface area contributed by atoms with Crippen LogP contribution in [0.25, 0.3) is 0 Å². The molecule has 0 spiro atoms. The van der Waals surface area contributed by atoms with Crippen molar-refractivity contribution in [3.05, 3.63) is 23.3 Å². The highest BCUT2D eigenvalue weighted by molar-refractivity contribution is 5.56. The van der Waals surface area contributed by atoms with E-state index in [9.17, 15) is 0 Å². The second kappa shape index (κ2) is 5.92. The second-order valence-corrected chi connectivity index (χ2v) is 4.65. The fourth-order valence-corrected chi connectivity index (χ4v) is 2.14. The Morgan fingerprint density at radius 1 is 1.29 bits per heavy atom. The van der Waals surface area contributed by atoms with Gasteiger partial charge in [-0.2, -0.15) is 0 Å². The van der Waals surface area contributed by atoms with Crippen molar-refractivity contribution in [2.75, 3.05) is 25.6 Å². The van der Waals surface area contributed by atoms with E-state index < -0.39 is 0 Å². The van der Waals surface area contributed by atoms with Crippen LogP contribution in [-0.4, -0.2) is 26.7 Å². The normalized spacial score (nSPS) is 12.4. The number of ether oxygens (including phenoxy) is 1. The number of hydrogen-bond donors (Lipinski definition) is 1. The minimum absolute atomic E-state index is 0.451. The second-order valence-electron chi connectivity index (χ2n) is 4.65. The topological polar surface area (TPSA) is 38.5 Å². The third kappa shape index (κ3) is 3.13. The van der Waals surface area contributed by atoms with Crippen molar-refractivity contribution in [3.63, 3.8) is 0 Å². The SMILES string of the molecule is COc1c(C)cc(N(C)C(C)CCN)cc1C. The zero-order valence-corrected chi connectivity index (χ0v) is 11.6. The molecule has 0 heterocycles. The van der Waals surface area contributed by atoms with Crippen LogP contribution < -0.4 is 15.4 Å². The van der Waals surface area contributed by atoms with Crippen LogP contribution in [0.3, 0.4) is 0 Å². The summed E-state index contributed by atoms with van der Waals surface area (Å²) in [6.45, 7) is 7.08. The van der Waals surface area contributed by atoms with E-state index in [1.807, 2.05) is 0 Å². The van der Waals surface area contributed by atoms with Gasteiger partial charge in [0.25, 0.3) is 0 Å². The number of anilines is 1. The molecule has 1 rings (SSSR count). The minimum atomic E-state index is 0.451. The highest BCUT2D eigenvalue weighted by atomic mass is 16.5. The molecule has 0 aliphatic rings. The number of benzene rings is 1. The van der Waals surface area contributed by atoms with E-state index in [0.717, 1.165) is 18.7 Å². The van der Waals surface area contributed by atoms with E-state index in [4.69, 9.17) is 10.5 Å². The maximum absolute atomic E-state index is 5.60. The Morgan fingerprint density at radius 3 is 2.24 bits per heavy atom. The molecule has 1 aromatic carbocycles. The van der Waals surface area contributed by atoms with Gasteiger partial charge in [0.15, 0.2) is 0 Å². The molecule has 1 atom stereocenters. The summed E-state index contributed by atoms with van der Waals surface area (Å²) < 4.78 is 5.38. The van der Waals surface area contributed by atoms with Gasteiger partial charge in [0.2, 0.25) is 0 Å². The maximum Gasteiger partial charge on any atom is 0.124 e. The summed E-state index contributed by atoms with van der Waals surface area (Å²) in [5.74, 6) is 0.980. The van der Waals surface area contributed by atoms with Gasteiger partial charge in [0.1, 0.15) is 5.75 Å². The quantitative estimate of drug-likeness (QED) is 0.853. The summed E-state index contributed by atoms with van der Waals surface area (Å²) >= 11 is 0. The van der Waals surface area contributed by atoms with Crippen LogP contribution in [-0.2, 0) is 0 Å². The van der Waals surface area contributed by atoms with Crippen molar-refractivity contribution in [2.24, 2.45) is 5.73 Å². The molecule has 0 amide bonds. The first-order valence-electron chi connectivity index (χ1n) is 6.09. The van der Waals surface area contributed by atoms with Gasteiger partial charge >= 0.3 is 0 Å². The molecule has 0 fully saturated rings. The van der Waals surface area contributed by atoms with E-state index in [1.165, 1.54) is 16.8 Å². The fourth-order valence-electron chi connectivity index (χ4n) is 2.14. The lowest BCUT2D eigenvalue weighted by Crippen LogP contribution is -2.30. The van der Waals surface area contributed by atoms with Crippen molar-refractivity contribution >= 4 is 5.69 Å². The lowest BCUT2D eigenvalue weighted by molar-refractivity contribution is 0.408. The molecular formula is C14H24N2O. The molecule has 2 N–H and O–H groups in total. The third-order valence-corrected chi connectivity index (χ3v) is 3.30. The van der Waals surface area contributed by atoms with Gasteiger partial charge in [-0.05, 0) is 57.0 Å². The maximum atomic E-state index is 5.60. The third-order valence-electron chi connectivity index (χ3n) is 3.30. The van der Waals surface area contributed by atoms with Crippen molar-refractivity contribution in [3.8, 4) is 5.75 Å². The molecule has 0 aliphatic heterocycles. The molecule has 17 heavy (non-hydrogen) atoms.